The van der Waals surface area contributed by atoms with Crippen molar-refractivity contribution in [1.29, 1.82) is 0 Å². The molecular weight excluding hydrogens is 352 g/mol. The maximum atomic E-state index is 12.7. The maximum Gasteiger partial charge on any atom is 0.228 e. The molecule has 1 aliphatic rings. The number of H-pyrrole nitrogens is 1. The van der Waals surface area contributed by atoms with Crippen LogP contribution < -0.4 is 5.32 Å². The smallest absolute Gasteiger partial charge is 0.228 e. The number of carbonyl (C=O) groups is 1. The first-order valence-corrected chi connectivity index (χ1v) is 9.58. The van der Waals surface area contributed by atoms with Gasteiger partial charge in [-0.3, -0.25) is 14.8 Å². The Morgan fingerprint density at radius 3 is 2.82 bits per heavy atom. The monoisotopic (exact) mass is 376 g/mol. The number of anilines is 1. The highest BCUT2D eigenvalue weighted by Gasteiger charge is 2.26. The van der Waals surface area contributed by atoms with Crippen LogP contribution in [-0.4, -0.2) is 39.2 Å². The minimum Gasteiger partial charge on any atom is -0.508 e. The number of hydrogen-bond donors (Lipinski definition) is 3. The van der Waals surface area contributed by atoms with Gasteiger partial charge in [0.25, 0.3) is 0 Å². The number of phenols is 1. The van der Waals surface area contributed by atoms with E-state index in [1.165, 1.54) is 0 Å². The minimum absolute atomic E-state index is 0.0293. The number of aromatic amines is 1. The number of carbonyl (C=O) groups excluding carboxylic acids is 1. The van der Waals surface area contributed by atoms with E-state index in [-0.39, 0.29) is 17.6 Å². The summed E-state index contributed by atoms with van der Waals surface area (Å²) in [6.45, 7) is 2.45. The average Bonchev–Trinajstić information content (AvgIpc) is 3.24. The van der Waals surface area contributed by atoms with Crippen LogP contribution in [0.5, 0.6) is 5.75 Å². The van der Waals surface area contributed by atoms with Crippen LogP contribution in [0.15, 0.2) is 60.8 Å². The predicted molar refractivity (Wildman–Crippen MR) is 109 cm³/mol. The fourth-order valence-corrected chi connectivity index (χ4v) is 3.72. The van der Waals surface area contributed by atoms with Gasteiger partial charge in [-0.2, -0.15) is 5.10 Å². The van der Waals surface area contributed by atoms with E-state index in [1.54, 1.807) is 18.3 Å². The Hall–Kier alpha value is -3.12. The molecule has 1 aliphatic heterocycles. The molecule has 1 atom stereocenters. The van der Waals surface area contributed by atoms with E-state index in [0.717, 1.165) is 55.0 Å². The summed E-state index contributed by atoms with van der Waals surface area (Å²) >= 11 is 0. The van der Waals surface area contributed by atoms with Crippen molar-refractivity contribution in [1.82, 2.24) is 15.1 Å². The van der Waals surface area contributed by atoms with Gasteiger partial charge in [0.05, 0.1) is 11.6 Å². The molecule has 6 nitrogen and oxygen atoms in total. The second kappa shape index (κ2) is 8.27. The second-order valence-electron chi connectivity index (χ2n) is 7.28. The lowest BCUT2D eigenvalue weighted by molar-refractivity contribution is -0.121. The topological polar surface area (TPSA) is 81.2 Å². The Morgan fingerprint density at radius 2 is 2.07 bits per heavy atom. The van der Waals surface area contributed by atoms with Crippen molar-refractivity contribution >= 4 is 11.6 Å². The molecule has 1 fully saturated rings. The van der Waals surface area contributed by atoms with E-state index < -0.39 is 0 Å². The number of phenolic OH excluding ortho intramolecular Hbond substituents is 1. The van der Waals surface area contributed by atoms with Gasteiger partial charge >= 0.3 is 0 Å². The van der Waals surface area contributed by atoms with E-state index in [4.69, 9.17) is 0 Å². The van der Waals surface area contributed by atoms with Gasteiger partial charge in [-0.05, 0) is 60.8 Å². The van der Waals surface area contributed by atoms with Gasteiger partial charge in [-0.25, -0.2) is 0 Å². The molecule has 0 bridgehead atoms. The van der Waals surface area contributed by atoms with Crippen molar-refractivity contribution in [3.63, 3.8) is 0 Å². The molecule has 3 aromatic rings. The van der Waals surface area contributed by atoms with Crippen LogP contribution in [0.25, 0.3) is 11.3 Å². The van der Waals surface area contributed by atoms with Gasteiger partial charge < -0.3 is 10.4 Å². The van der Waals surface area contributed by atoms with Crippen molar-refractivity contribution in [2.45, 2.75) is 19.4 Å². The normalized spacial score (nSPS) is 17.4. The predicted octanol–water partition coefficient (Wildman–Crippen LogP) is 3.63. The van der Waals surface area contributed by atoms with Crippen LogP contribution in [0.4, 0.5) is 5.69 Å². The van der Waals surface area contributed by atoms with E-state index in [1.807, 2.05) is 42.5 Å². The Kier molecular flexibility index (Phi) is 5.39. The van der Waals surface area contributed by atoms with Crippen LogP contribution in [0.2, 0.25) is 0 Å². The van der Waals surface area contributed by atoms with Gasteiger partial charge in [0.1, 0.15) is 5.75 Å². The molecule has 1 amide bonds. The van der Waals surface area contributed by atoms with Gasteiger partial charge in [-0.1, -0.05) is 24.3 Å². The van der Waals surface area contributed by atoms with Crippen LogP contribution in [0.1, 0.15) is 18.4 Å². The highest BCUT2D eigenvalue weighted by Crippen LogP contribution is 2.23. The first-order chi connectivity index (χ1) is 13.7. The number of nitrogens with zero attached hydrogens (tertiary/aromatic N) is 2. The summed E-state index contributed by atoms with van der Waals surface area (Å²) in [5.41, 5.74) is 3.85. The summed E-state index contributed by atoms with van der Waals surface area (Å²) in [5, 5.41) is 19.6. The van der Waals surface area contributed by atoms with Crippen molar-refractivity contribution in [3.05, 3.63) is 66.4 Å². The van der Waals surface area contributed by atoms with E-state index in [0.29, 0.717) is 0 Å². The van der Waals surface area contributed by atoms with Crippen LogP contribution in [0, 0.1) is 5.92 Å². The zero-order chi connectivity index (χ0) is 19.3. The Labute approximate surface area is 164 Å². The zero-order valence-electron chi connectivity index (χ0n) is 15.6. The van der Waals surface area contributed by atoms with Crippen molar-refractivity contribution in [3.8, 4) is 17.0 Å². The Morgan fingerprint density at radius 1 is 1.21 bits per heavy atom. The summed E-state index contributed by atoms with van der Waals surface area (Å²) in [6, 6.07) is 17.0. The fraction of sp³-hybridized carbons (Fsp3) is 0.273. The third kappa shape index (κ3) is 4.40. The lowest BCUT2D eigenvalue weighted by Crippen LogP contribution is -2.40. The highest BCUT2D eigenvalue weighted by atomic mass is 16.3. The summed E-state index contributed by atoms with van der Waals surface area (Å²) in [5.74, 6) is 0.315. The molecule has 144 valence electrons. The molecule has 0 saturated carbocycles. The molecule has 1 saturated heterocycles. The molecule has 6 heteroatoms. The standard InChI is InChI=1S/C22H24N4O2/c27-20-5-1-3-16(13-20)14-26-12-2-4-18(15-26)22(28)24-19-8-6-17(7-9-19)21-10-11-23-25-21/h1,3,5-11,13,18,27H,2,4,12,14-15H2,(H,23,25)(H,24,28)/t18-/m0/s1. The van der Waals surface area contributed by atoms with E-state index >= 15 is 0 Å². The Balaban J connectivity index is 1.35. The third-order valence-electron chi connectivity index (χ3n) is 5.16. The molecule has 2 heterocycles. The highest BCUT2D eigenvalue weighted by molar-refractivity contribution is 5.93. The number of rotatable bonds is 5. The molecule has 1 aromatic heterocycles. The van der Waals surface area contributed by atoms with Gasteiger partial charge in [-0.15, -0.1) is 0 Å². The molecule has 4 rings (SSSR count). The molecule has 28 heavy (non-hydrogen) atoms. The quantitative estimate of drug-likeness (QED) is 0.635. The molecule has 3 N–H and O–H groups in total. The van der Waals surface area contributed by atoms with Gasteiger partial charge in [0, 0.05) is 25.0 Å². The number of hydrogen-bond acceptors (Lipinski definition) is 4. The first-order valence-electron chi connectivity index (χ1n) is 9.58. The summed E-state index contributed by atoms with van der Waals surface area (Å²) in [4.78, 5) is 15.0. The lowest BCUT2D eigenvalue weighted by atomic mass is 9.96. The molecular formula is C22H24N4O2. The van der Waals surface area contributed by atoms with Crippen molar-refractivity contribution in [2.24, 2.45) is 5.92 Å². The van der Waals surface area contributed by atoms with Gasteiger partial charge in [0.15, 0.2) is 0 Å². The maximum absolute atomic E-state index is 12.7. The molecule has 0 spiro atoms. The van der Waals surface area contributed by atoms with E-state index in [9.17, 15) is 9.90 Å². The largest absolute Gasteiger partial charge is 0.508 e. The van der Waals surface area contributed by atoms with Crippen LogP contribution in [0.3, 0.4) is 0 Å². The number of amides is 1. The zero-order valence-corrected chi connectivity index (χ0v) is 15.6. The summed E-state index contributed by atoms with van der Waals surface area (Å²) < 4.78 is 0. The van der Waals surface area contributed by atoms with Crippen molar-refractivity contribution in [2.75, 3.05) is 18.4 Å². The molecule has 0 unspecified atom stereocenters. The first kappa shape index (κ1) is 18.3. The number of likely N-dealkylation sites (tertiary alicyclic amines) is 1. The SMILES string of the molecule is O=C(Nc1ccc(-c2ccn[nH]2)cc1)[C@H]1CCCN(Cc2cccc(O)c2)C1. The number of aromatic nitrogens is 2. The Bertz CT molecular complexity index is 922. The number of benzene rings is 2. The minimum atomic E-state index is -0.0293. The molecule has 2 aromatic carbocycles. The fourth-order valence-electron chi connectivity index (χ4n) is 3.72. The lowest BCUT2D eigenvalue weighted by Gasteiger charge is -2.32. The summed E-state index contributed by atoms with van der Waals surface area (Å²) in [7, 11) is 0. The number of piperidine rings is 1. The second-order valence-corrected chi connectivity index (χ2v) is 7.28. The van der Waals surface area contributed by atoms with E-state index in [2.05, 4.69) is 20.4 Å². The van der Waals surface area contributed by atoms with Gasteiger partial charge in [0.2, 0.25) is 5.91 Å². The third-order valence-corrected chi connectivity index (χ3v) is 5.16. The number of nitrogens with one attached hydrogen (secondary N) is 2. The van der Waals surface area contributed by atoms with Crippen LogP contribution >= 0.6 is 0 Å². The van der Waals surface area contributed by atoms with Crippen LogP contribution in [-0.2, 0) is 11.3 Å². The van der Waals surface area contributed by atoms with Crippen molar-refractivity contribution < 1.29 is 9.90 Å². The average molecular weight is 376 g/mol. The molecule has 0 radical (unpaired) electrons. The molecule has 0 aliphatic carbocycles. The summed E-state index contributed by atoms with van der Waals surface area (Å²) in [6.07, 6.45) is 3.61. The number of aromatic hydroxyl groups is 1.